The second-order valence-electron chi connectivity index (χ2n) is 7.53. The van der Waals surface area contributed by atoms with Gasteiger partial charge in [0.1, 0.15) is 6.61 Å². The molecule has 2 aromatic carbocycles. The summed E-state index contributed by atoms with van der Waals surface area (Å²) >= 11 is 5.93. The first-order chi connectivity index (χ1) is 13.2. The van der Waals surface area contributed by atoms with Crippen LogP contribution >= 0.6 is 36.4 Å². The SMILES string of the molecule is COc1cc(CNC2CN3CCC2CC3)ccc1OCc1ccc(Cl)cc1.Cl.Cl. The van der Waals surface area contributed by atoms with E-state index in [1.54, 1.807) is 7.11 Å². The molecule has 3 heterocycles. The standard InChI is InChI=1S/C22H27ClN2O2.2ClH/c1-26-22-12-17(13-24-20-14-25-10-8-18(20)9-11-25)4-7-21(22)27-15-16-2-5-19(23)6-3-16;;/h2-7,12,18,20,24H,8-11,13-15H2,1H3;2*1H. The normalized spacial score (nSPS) is 22.3. The molecule has 5 rings (SSSR count). The van der Waals surface area contributed by atoms with Gasteiger partial charge < -0.3 is 19.7 Å². The van der Waals surface area contributed by atoms with Crippen molar-refractivity contribution < 1.29 is 9.47 Å². The Labute approximate surface area is 190 Å². The Kier molecular flexibility index (Phi) is 9.38. The fourth-order valence-electron chi connectivity index (χ4n) is 4.13. The summed E-state index contributed by atoms with van der Waals surface area (Å²) < 4.78 is 11.5. The van der Waals surface area contributed by atoms with Crippen molar-refractivity contribution in [3.8, 4) is 11.5 Å². The summed E-state index contributed by atoms with van der Waals surface area (Å²) in [6.45, 7) is 5.09. The molecule has 0 amide bonds. The van der Waals surface area contributed by atoms with E-state index in [1.807, 2.05) is 30.3 Å². The van der Waals surface area contributed by atoms with Gasteiger partial charge in [0.25, 0.3) is 0 Å². The topological polar surface area (TPSA) is 33.7 Å². The van der Waals surface area contributed by atoms with E-state index in [0.717, 1.165) is 34.5 Å². The van der Waals surface area contributed by atoms with Crippen LogP contribution in [0.3, 0.4) is 0 Å². The van der Waals surface area contributed by atoms with E-state index in [0.29, 0.717) is 12.6 Å². The zero-order valence-corrected chi connectivity index (χ0v) is 19.0. The smallest absolute Gasteiger partial charge is 0.161 e. The monoisotopic (exact) mass is 458 g/mol. The molecule has 2 bridgehead atoms. The zero-order valence-electron chi connectivity index (χ0n) is 16.6. The van der Waals surface area contributed by atoms with Crippen molar-refractivity contribution >= 4 is 36.4 Å². The van der Waals surface area contributed by atoms with E-state index < -0.39 is 0 Å². The van der Waals surface area contributed by atoms with Gasteiger partial charge in [-0.25, -0.2) is 0 Å². The van der Waals surface area contributed by atoms with Crippen LogP contribution in [0.25, 0.3) is 0 Å². The number of rotatable bonds is 7. The average Bonchev–Trinajstić information content (AvgIpc) is 2.73. The van der Waals surface area contributed by atoms with Crippen LogP contribution in [-0.2, 0) is 13.2 Å². The molecule has 3 aliphatic rings. The highest BCUT2D eigenvalue weighted by molar-refractivity contribution is 6.30. The highest BCUT2D eigenvalue weighted by Crippen LogP contribution is 2.30. The highest BCUT2D eigenvalue weighted by Gasteiger charge is 2.33. The summed E-state index contributed by atoms with van der Waals surface area (Å²) in [7, 11) is 1.69. The molecule has 3 saturated heterocycles. The van der Waals surface area contributed by atoms with Gasteiger partial charge >= 0.3 is 0 Å². The predicted octanol–water partition coefficient (Wildman–Crippen LogP) is 4.96. The van der Waals surface area contributed by atoms with Crippen molar-refractivity contribution in [3.63, 3.8) is 0 Å². The van der Waals surface area contributed by atoms with Gasteiger partial charge in [0.2, 0.25) is 0 Å². The van der Waals surface area contributed by atoms with Gasteiger partial charge in [-0.15, -0.1) is 24.8 Å². The Bertz CT molecular complexity index is 765. The van der Waals surface area contributed by atoms with Crippen LogP contribution in [0.4, 0.5) is 0 Å². The molecule has 0 aliphatic carbocycles. The quantitative estimate of drug-likeness (QED) is 0.635. The number of fused-ring (bicyclic) bond motifs is 3. The van der Waals surface area contributed by atoms with Gasteiger partial charge in [-0.05, 0) is 67.2 Å². The number of hydrogen-bond donors (Lipinski definition) is 1. The predicted molar refractivity (Wildman–Crippen MR) is 123 cm³/mol. The molecule has 0 aromatic heterocycles. The van der Waals surface area contributed by atoms with Gasteiger partial charge in [0.05, 0.1) is 7.11 Å². The third kappa shape index (κ3) is 6.16. The first-order valence-corrected chi connectivity index (χ1v) is 10.1. The number of piperidine rings is 3. The second-order valence-corrected chi connectivity index (χ2v) is 7.96. The van der Waals surface area contributed by atoms with Crippen LogP contribution < -0.4 is 14.8 Å². The van der Waals surface area contributed by atoms with Crippen LogP contribution in [0.2, 0.25) is 5.02 Å². The minimum Gasteiger partial charge on any atom is -0.493 e. The van der Waals surface area contributed by atoms with E-state index >= 15 is 0 Å². The lowest BCUT2D eigenvalue weighted by Crippen LogP contribution is -2.55. The maximum atomic E-state index is 5.95. The first kappa shape index (κ1) is 24.1. The van der Waals surface area contributed by atoms with Crippen LogP contribution in [0.5, 0.6) is 11.5 Å². The number of nitrogens with zero attached hydrogens (tertiary/aromatic N) is 1. The maximum Gasteiger partial charge on any atom is 0.161 e. The minimum absolute atomic E-state index is 0. The lowest BCUT2D eigenvalue weighted by molar-refractivity contribution is 0.0720. The van der Waals surface area contributed by atoms with E-state index in [4.69, 9.17) is 21.1 Å². The molecule has 160 valence electrons. The van der Waals surface area contributed by atoms with Crippen molar-refractivity contribution in [2.45, 2.75) is 32.0 Å². The summed E-state index contributed by atoms with van der Waals surface area (Å²) in [5.41, 5.74) is 2.30. The number of benzene rings is 2. The molecule has 29 heavy (non-hydrogen) atoms. The van der Waals surface area contributed by atoms with Crippen LogP contribution in [-0.4, -0.2) is 37.7 Å². The van der Waals surface area contributed by atoms with Gasteiger partial charge in [0.15, 0.2) is 11.5 Å². The van der Waals surface area contributed by atoms with Gasteiger partial charge in [-0.2, -0.15) is 0 Å². The number of nitrogens with one attached hydrogen (secondary N) is 1. The highest BCUT2D eigenvalue weighted by atomic mass is 35.5. The summed E-state index contributed by atoms with van der Waals surface area (Å²) in [6, 6.07) is 14.5. The summed E-state index contributed by atoms with van der Waals surface area (Å²) in [4.78, 5) is 2.58. The number of ether oxygens (including phenoxy) is 2. The van der Waals surface area contributed by atoms with Crippen molar-refractivity contribution in [2.75, 3.05) is 26.7 Å². The van der Waals surface area contributed by atoms with E-state index in [9.17, 15) is 0 Å². The van der Waals surface area contributed by atoms with Gasteiger partial charge in [0, 0.05) is 24.2 Å². The first-order valence-electron chi connectivity index (χ1n) is 9.71. The Morgan fingerprint density at radius 2 is 1.69 bits per heavy atom. The van der Waals surface area contributed by atoms with Gasteiger partial charge in [-0.1, -0.05) is 29.8 Å². The molecule has 0 radical (unpaired) electrons. The van der Waals surface area contributed by atoms with Crippen LogP contribution in [0, 0.1) is 5.92 Å². The van der Waals surface area contributed by atoms with Crippen molar-refractivity contribution in [1.29, 1.82) is 0 Å². The Hall–Kier alpha value is -1.17. The molecule has 1 unspecified atom stereocenters. The number of halogens is 3. The Balaban J connectivity index is 0.00000150. The molecule has 1 atom stereocenters. The van der Waals surface area contributed by atoms with Crippen LogP contribution in [0.15, 0.2) is 42.5 Å². The van der Waals surface area contributed by atoms with E-state index in [-0.39, 0.29) is 24.8 Å². The Morgan fingerprint density at radius 1 is 1.00 bits per heavy atom. The Morgan fingerprint density at radius 3 is 2.31 bits per heavy atom. The zero-order chi connectivity index (χ0) is 18.6. The summed E-state index contributed by atoms with van der Waals surface area (Å²) in [5.74, 6) is 2.37. The molecular weight excluding hydrogens is 431 g/mol. The molecular formula is C22H29Cl3N2O2. The van der Waals surface area contributed by atoms with Crippen molar-refractivity contribution in [1.82, 2.24) is 10.2 Å². The second kappa shape index (κ2) is 11.3. The molecule has 7 heteroatoms. The molecule has 1 N–H and O–H groups in total. The van der Waals surface area contributed by atoms with Gasteiger partial charge in [-0.3, -0.25) is 0 Å². The molecule has 3 fully saturated rings. The van der Waals surface area contributed by atoms with Crippen molar-refractivity contribution in [2.24, 2.45) is 5.92 Å². The number of methoxy groups -OCH3 is 1. The summed E-state index contributed by atoms with van der Waals surface area (Å²) in [6.07, 6.45) is 2.66. The third-order valence-corrected chi connectivity index (χ3v) is 6.01. The molecule has 0 spiro atoms. The average molecular weight is 460 g/mol. The van der Waals surface area contributed by atoms with Crippen LogP contribution in [0.1, 0.15) is 24.0 Å². The molecule has 0 saturated carbocycles. The van der Waals surface area contributed by atoms with E-state index in [1.165, 1.54) is 38.0 Å². The lowest BCUT2D eigenvalue weighted by atomic mass is 9.84. The fraction of sp³-hybridized carbons (Fsp3) is 0.455. The molecule has 4 nitrogen and oxygen atoms in total. The largest absolute Gasteiger partial charge is 0.493 e. The van der Waals surface area contributed by atoms with Crippen molar-refractivity contribution in [3.05, 3.63) is 58.6 Å². The minimum atomic E-state index is 0. The molecule has 3 aliphatic heterocycles. The maximum absolute atomic E-state index is 5.95. The third-order valence-electron chi connectivity index (χ3n) is 5.76. The van der Waals surface area contributed by atoms with E-state index in [2.05, 4.69) is 22.3 Å². The summed E-state index contributed by atoms with van der Waals surface area (Å²) in [5, 5.41) is 4.49. The fourth-order valence-corrected chi connectivity index (χ4v) is 4.25. The molecule has 2 aromatic rings. The lowest BCUT2D eigenvalue weighted by Gasteiger charge is -2.45. The number of hydrogen-bond acceptors (Lipinski definition) is 4.